The Morgan fingerprint density at radius 2 is 2.17 bits per heavy atom. The van der Waals surface area contributed by atoms with Crippen LogP contribution in [0.4, 0.5) is 0 Å². The van der Waals surface area contributed by atoms with Gasteiger partial charge in [0.2, 0.25) is 0 Å². The van der Waals surface area contributed by atoms with E-state index in [1.165, 1.54) is 6.08 Å². The van der Waals surface area contributed by atoms with Crippen molar-refractivity contribution in [3.8, 4) is 0 Å². The van der Waals surface area contributed by atoms with Crippen LogP contribution < -0.4 is 5.32 Å². The molecule has 0 spiro atoms. The molecule has 1 saturated heterocycles. The molecule has 1 fully saturated rings. The smallest absolute Gasteiger partial charge is 0.331 e. The highest BCUT2D eigenvalue weighted by atomic mass is 79.9. The van der Waals surface area contributed by atoms with Crippen molar-refractivity contribution >= 4 is 43.7 Å². The van der Waals surface area contributed by atoms with E-state index in [1.807, 2.05) is 24.3 Å². The largest absolute Gasteiger partial charge is 0.452 e. The summed E-state index contributed by atoms with van der Waals surface area (Å²) in [5.41, 5.74) is 0.817. The average molecular weight is 402 g/mol. The van der Waals surface area contributed by atoms with Gasteiger partial charge < -0.3 is 10.1 Å². The first-order valence-corrected chi connectivity index (χ1v) is 9.56. The van der Waals surface area contributed by atoms with Crippen LogP contribution in [0, 0.1) is 0 Å². The van der Waals surface area contributed by atoms with Gasteiger partial charge in [0, 0.05) is 16.6 Å². The Kier molecular flexibility index (Phi) is 5.95. The number of rotatable bonds is 5. The third-order valence-electron chi connectivity index (χ3n) is 3.20. The molecule has 0 aromatic heterocycles. The van der Waals surface area contributed by atoms with Crippen molar-refractivity contribution in [1.82, 2.24) is 5.32 Å². The number of hydrogen-bond donors (Lipinski definition) is 1. The van der Waals surface area contributed by atoms with Crippen LogP contribution in [-0.4, -0.2) is 44.4 Å². The molecule has 1 aliphatic heterocycles. The standard InChI is InChI=1S/C15H16BrNO5S/c16-12-3-1-2-11(8-12)4-5-15(19)22-9-14(18)17-13-6-7-23(20,21)10-13/h1-5,8,13H,6-7,9-10H2,(H,17,18)/b5-4+/t13-/m0/s1. The van der Waals surface area contributed by atoms with Crippen molar-refractivity contribution in [3.63, 3.8) is 0 Å². The number of carbonyl (C=O) groups excluding carboxylic acids is 2. The number of hydrogen-bond acceptors (Lipinski definition) is 5. The number of nitrogens with one attached hydrogen (secondary N) is 1. The van der Waals surface area contributed by atoms with E-state index < -0.39 is 34.4 Å². The van der Waals surface area contributed by atoms with Crippen molar-refractivity contribution in [1.29, 1.82) is 0 Å². The summed E-state index contributed by atoms with van der Waals surface area (Å²) in [4.78, 5) is 23.2. The Morgan fingerprint density at radius 1 is 1.39 bits per heavy atom. The molecule has 0 radical (unpaired) electrons. The van der Waals surface area contributed by atoms with Crippen molar-refractivity contribution in [2.24, 2.45) is 0 Å². The highest BCUT2D eigenvalue weighted by molar-refractivity contribution is 9.10. The van der Waals surface area contributed by atoms with Crippen molar-refractivity contribution in [3.05, 3.63) is 40.4 Å². The predicted octanol–water partition coefficient (Wildman–Crippen LogP) is 1.31. The Labute approximate surface area is 142 Å². The summed E-state index contributed by atoms with van der Waals surface area (Å²) in [7, 11) is -3.05. The van der Waals surface area contributed by atoms with Crippen molar-refractivity contribution in [2.45, 2.75) is 12.5 Å². The van der Waals surface area contributed by atoms with Crippen molar-refractivity contribution in [2.75, 3.05) is 18.1 Å². The summed E-state index contributed by atoms with van der Waals surface area (Å²) in [6, 6.07) is 6.95. The molecular formula is C15H16BrNO5S. The maximum Gasteiger partial charge on any atom is 0.331 e. The van der Waals surface area contributed by atoms with Crippen LogP contribution in [-0.2, 0) is 24.2 Å². The van der Waals surface area contributed by atoms with E-state index in [0.29, 0.717) is 6.42 Å². The van der Waals surface area contributed by atoms with Gasteiger partial charge in [-0.25, -0.2) is 13.2 Å². The minimum absolute atomic E-state index is 0.0600. The van der Waals surface area contributed by atoms with E-state index >= 15 is 0 Å². The second-order valence-electron chi connectivity index (χ2n) is 5.16. The van der Waals surface area contributed by atoms with E-state index in [-0.39, 0.29) is 11.5 Å². The normalized spacial score (nSPS) is 19.6. The lowest BCUT2D eigenvalue weighted by molar-refractivity contribution is -0.143. The van der Waals surface area contributed by atoms with Crippen LogP contribution in [0.2, 0.25) is 0 Å². The summed E-state index contributed by atoms with van der Waals surface area (Å²) in [6.45, 7) is -0.432. The molecule has 0 saturated carbocycles. The van der Waals surface area contributed by atoms with Crippen molar-refractivity contribution < 1.29 is 22.7 Å². The van der Waals surface area contributed by atoms with Gasteiger partial charge in [0.25, 0.3) is 5.91 Å². The Balaban J connectivity index is 1.75. The van der Waals surface area contributed by atoms with Gasteiger partial charge in [-0.05, 0) is 30.2 Å². The maximum atomic E-state index is 11.6. The molecule has 1 aliphatic rings. The van der Waals surface area contributed by atoms with E-state index in [0.717, 1.165) is 10.0 Å². The van der Waals surface area contributed by atoms with Crippen LogP contribution in [0.5, 0.6) is 0 Å². The highest BCUT2D eigenvalue weighted by Crippen LogP contribution is 2.13. The molecule has 8 heteroatoms. The lowest BCUT2D eigenvalue weighted by Gasteiger charge is -2.10. The van der Waals surface area contributed by atoms with Crippen LogP contribution >= 0.6 is 15.9 Å². The molecule has 1 atom stereocenters. The zero-order valence-corrected chi connectivity index (χ0v) is 14.6. The molecule has 2 rings (SSSR count). The van der Waals surface area contributed by atoms with Gasteiger partial charge in [-0.1, -0.05) is 28.1 Å². The Morgan fingerprint density at radius 3 is 2.83 bits per heavy atom. The number of esters is 1. The molecule has 1 aromatic carbocycles. The average Bonchev–Trinajstić information content (AvgIpc) is 2.82. The molecule has 6 nitrogen and oxygen atoms in total. The highest BCUT2D eigenvalue weighted by Gasteiger charge is 2.28. The second-order valence-corrected chi connectivity index (χ2v) is 8.31. The van der Waals surface area contributed by atoms with Crippen LogP contribution in [0.25, 0.3) is 6.08 Å². The number of carbonyl (C=O) groups is 2. The first-order chi connectivity index (χ1) is 10.8. The van der Waals surface area contributed by atoms with Crippen LogP contribution in [0.15, 0.2) is 34.8 Å². The molecule has 0 bridgehead atoms. The quantitative estimate of drug-likeness (QED) is 0.593. The Hall–Kier alpha value is -1.67. The predicted molar refractivity (Wildman–Crippen MR) is 89.3 cm³/mol. The van der Waals surface area contributed by atoms with Gasteiger partial charge in [0.15, 0.2) is 16.4 Å². The first kappa shape index (κ1) is 17.7. The number of amides is 1. The molecule has 1 heterocycles. The molecule has 1 amide bonds. The maximum absolute atomic E-state index is 11.6. The molecule has 124 valence electrons. The summed E-state index contributed by atoms with van der Waals surface area (Å²) in [5, 5.41) is 2.55. The molecule has 0 aliphatic carbocycles. The van der Waals surface area contributed by atoms with E-state index in [2.05, 4.69) is 21.2 Å². The zero-order chi connectivity index (χ0) is 16.9. The molecule has 1 N–H and O–H groups in total. The van der Waals surface area contributed by atoms with Crippen LogP contribution in [0.3, 0.4) is 0 Å². The van der Waals surface area contributed by atoms with Gasteiger partial charge in [0.1, 0.15) is 0 Å². The van der Waals surface area contributed by atoms with E-state index in [4.69, 9.17) is 4.74 Å². The monoisotopic (exact) mass is 401 g/mol. The van der Waals surface area contributed by atoms with Gasteiger partial charge in [-0.3, -0.25) is 4.79 Å². The molecular weight excluding hydrogens is 386 g/mol. The summed E-state index contributed by atoms with van der Waals surface area (Å²) in [5.74, 6) is -1.13. The van der Waals surface area contributed by atoms with Gasteiger partial charge in [0.05, 0.1) is 11.5 Å². The zero-order valence-electron chi connectivity index (χ0n) is 12.2. The van der Waals surface area contributed by atoms with E-state index in [9.17, 15) is 18.0 Å². The number of halogens is 1. The Bertz CT molecular complexity index is 729. The third-order valence-corrected chi connectivity index (χ3v) is 5.46. The number of benzene rings is 1. The fourth-order valence-electron chi connectivity index (χ4n) is 2.14. The SMILES string of the molecule is O=C(COC(=O)/C=C/c1cccc(Br)c1)N[C@H]1CCS(=O)(=O)C1. The minimum Gasteiger partial charge on any atom is -0.452 e. The fraction of sp³-hybridized carbons (Fsp3) is 0.333. The summed E-state index contributed by atoms with van der Waals surface area (Å²) < 4.78 is 28.3. The number of sulfone groups is 1. The first-order valence-electron chi connectivity index (χ1n) is 6.94. The van der Waals surface area contributed by atoms with Gasteiger partial charge in [-0.2, -0.15) is 0 Å². The third kappa shape index (κ3) is 6.15. The molecule has 23 heavy (non-hydrogen) atoms. The lowest BCUT2D eigenvalue weighted by Crippen LogP contribution is -2.38. The fourth-order valence-corrected chi connectivity index (χ4v) is 4.23. The summed E-state index contributed by atoms with van der Waals surface area (Å²) >= 11 is 3.32. The van der Waals surface area contributed by atoms with Crippen LogP contribution in [0.1, 0.15) is 12.0 Å². The molecule has 0 unspecified atom stereocenters. The second kappa shape index (κ2) is 7.74. The van der Waals surface area contributed by atoms with Gasteiger partial charge >= 0.3 is 5.97 Å². The lowest BCUT2D eigenvalue weighted by atomic mass is 10.2. The topological polar surface area (TPSA) is 89.5 Å². The minimum atomic E-state index is -3.05. The number of ether oxygens (including phenoxy) is 1. The summed E-state index contributed by atoms with van der Waals surface area (Å²) in [6.07, 6.45) is 3.20. The van der Waals surface area contributed by atoms with E-state index in [1.54, 1.807) is 6.08 Å². The van der Waals surface area contributed by atoms with Gasteiger partial charge in [-0.15, -0.1) is 0 Å². The molecule has 1 aromatic rings.